The van der Waals surface area contributed by atoms with Gasteiger partial charge in [-0.25, -0.2) is 4.98 Å². The Kier molecular flexibility index (Phi) is 3.30. The van der Waals surface area contributed by atoms with E-state index in [9.17, 15) is 0 Å². The van der Waals surface area contributed by atoms with Crippen molar-refractivity contribution in [3.63, 3.8) is 0 Å². The highest BCUT2D eigenvalue weighted by Gasteiger charge is 2.41. The SMILES string of the molecule is COc1ccccc1N1CCC2(CC1)NCCc1[nH]cnc12. The van der Waals surface area contributed by atoms with Gasteiger partial charge in [-0.3, -0.25) is 0 Å². The highest BCUT2D eigenvalue weighted by atomic mass is 16.5. The summed E-state index contributed by atoms with van der Waals surface area (Å²) in [4.78, 5) is 10.3. The standard InChI is InChI=1S/C17H22N4O/c1-22-15-5-3-2-4-14(15)21-10-7-17(8-11-21)16-13(6-9-20-17)18-12-19-16/h2-5,12,20H,6-11H2,1H3,(H,18,19). The fourth-order valence-corrected chi connectivity index (χ4v) is 3.87. The van der Waals surface area contributed by atoms with E-state index in [0.29, 0.717) is 0 Å². The minimum atomic E-state index is 0.0477. The number of nitrogens with zero attached hydrogens (tertiary/aromatic N) is 2. The third-order valence-corrected chi connectivity index (χ3v) is 5.05. The average Bonchev–Trinajstić information content (AvgIpc) is 3.06. The highest BCUT2D eigenvalue weighted by Crippen LogP contribution is 2.38. The number of hydrogen-bond acceptors (Lipinski definition) is 4. The molecule has 2 N–H and O–H groups in total. The number of aromatic nitrogens is 2. The van der Waals surface area contributed by atoms with Crippen LogP contribution in [0, 0.1) is 0 Å². The maximum Gasteiger partial charge on any atom is 0.142 e. The smallest absolute Gasteiger partial charge is 0.142 e. The molecule has 1 spiro atoms. The first-order valence-corrected chi connectivity index (χ1v) is 7.98. The molecule has 1 fully saturated rings. The fraction of sp³-hybridized carbons (Fsp3) is 0.471. The van der Waals surface area contributed by atoms with Gasteiger partial charge in [-0.2, -0.15) is 0 Å². The van der Waals surface area contributed by atoms with Crippen molar-refractivity contribution in [3.8, 4) is 5.75 Å². The highest BCUT2D eigenvalue weighted by molar-refractivity contribution is 5.58. The molecule has 0 aliphatic carbocycles. The van der Waals surface area contributed by atoms with Gasteiger partial charge in [0, 0.05) is 31.7 Å². The minimum Gasteiger partial charge on any atom is -0.495 e. The summed E-state index contributed by atoms with van der Waals surface area (Å²) in [7, 11) is 1.74. The summed E-state index contributed by atoms with van der Waals surface area (Å²) in [6.45, 7) is 3.06. The number of anilines is 1. The summed E-state index contributed by atoms with van der Waals surface area (Å²) < 4.78 is 5.50. The third-order valence-electron chi connectivity index (χ3n) is 5.05. The van der Waals surface area contributed by atoms with Crippen molar-refractivity contribution in [1.29, 1.82) is 0 Å². The van der Waals surface area contributed by atoms with Gasteiger partial charge in [0.05, 0.1) is 30.4 Å². The number of rotatable bonds is 2. The first kappa shape index (κ1) is 13.6. The summed E-state index contributed by atoms with van der Waals surface area (Å²) >= 11 is 0. The van der Waals surface area contributed by atoms with Gasteiger partial charge in [0.1, 0.15) is 5.75 Å². The molecule has 22 heavy (non-hydrogen) atoms. The zero-order valence-corrected chi connectivity index (χ0v) is 12.9. The van der Waals surface area contributed by atoms with E-state index in [1.807, 2.05) is 18.5 Å². The van der Waals surface area contributed by atoms with E-state index in [4.69, 9.17) is 4.74 Å². The zero-order valence-electron chi connectivity index (χ0n) is 12.9. The number of methoxy groups -OCH3 is 1. The Morgan fingerprint density at radius 3 is 2.86 bits per heavy atom. The topological polar surface area (TPSA) is 53.2 Å². The quantitative estimate of drug-likeness (QED) is 0.891. The number of hydrogen-bond donors (Lipinski definition) is 2. The largest absolute Gasteiger partial charge is 0.495 e. The maximum absolute atomic E-state index is 5.50. The van der Waals surface area contributed by atoms with Crippen LogP contribution in [0.1, 0.15) is 24.2 Å². The lowest BCUT2D eigenvalue weighted by Crippen LogP contribution is -2.54. The van der Waals surface area contributed by atoms with Crippen LogP contribution in [-0.2, 0) is 12.0 Å². The molecule has 0 atom stereocenters. The number of fused-ring (bicyclic) bond motifs is 2. The van der Waals surface area contributed by atoms with Gasteiger partial charge in [-0.1, -0.05) is 12.1 Å². The Labute approximate surface area is 130 Å². The Morgan fingerprint density at radius 2 is 2.05 bits per heavy atom. The second-order valence-corrected chi connectivity index (χ2v) is 6.15. The van der Waals surface area contributed by atoms with E-state index < -0.39 is 0 Å². The molecule has 0 amide bonds. The van der Waals surface area contributed by atoms with Crippen LogP contribution in [0.25, 0.3) is 0 Å². The Hall–Kier alpha value is -2.01. The molecule has 1 aromatic heterocycles. The third kappa shape index (κ3) is 2.08. The van der Waals surface area contributed by atoms with Crippen LogP contribution in [0.5, 0.6) is 5.75 Å². The number of aromatic amines is 1. The zero-order chi connectivity index (χ0) is 15.0. The second-order valence-electron chi connectivity index (χ2n) is 6.15. The van der Waals surface area contributed by atoms with Crippen molar-refractivity contribution in [2.24, 2.45) is 0 Å². The summed E-state index contributed by atoms with van der Waals surface area (Å²) in [6.07, 6.45) is 5.03. The van der Waals surface area contributed by atoms with Crippen LogP contribution in [0.3, 0.4) is 0 Å². The molecule has 2 aliphatic heterocycles. The number of benzene rings is 1. The summed E-state index contributed by atoms with van der Waals surface area (Å²) in [5.74, 6) is 0.954. The Balaban J connectivity index is 1.57. The van der Waals surface area contributed by atoms with Crippen molar-refractivity contribution in [3.05, 3.63) is 42.0 Å². The first-order chi connectivity index (χ1) is 10.8. The van der Waals surface area contributed by atoms with E-state index >= 15 is 0 Å². The molecular weight excluding hydrogens is 276 g/mol. The van der Waals surface area contributed by atoms with Crippen molar-refractivity contribution in [1.82, 2.24) is 15.3 Å². The number of nitrogens with one attached hydrogen (secondary N) is 2. The molecular formula is C17H22N4O. The van der Waals surface area contributed by atoms with Crippen LogP contribution in [0.4, 0.5) is 5.69 Å². The van der Waals surface area contributed by atoms with Crippen LogP contribution in [0.2, 0.25) is 0 Å². The van der Waals surface area contributed by atoms with Gasteiger partial charge in [0.15, 0.2) is 0 Å². The van der Waals surface area contributed by atoms with E-state index in [2.05, 4.69) is 32.3 Å². The molecule has 5 heteroatoms. The molecule has 116 valence electrons. The van der Waals surface area contributed by atoms with E-state index in [-0.39, 0.29) is 5.54 Å². The molecule has 0 radical (unpaired) electrons. The van der Waals surface area contributed by atoms with Gasteiger partial charge in [0.25, 0.3) is 0 Å². The lowest BCUT2D eigenvalue weighted by atomic mass is 9.80. The van der Waals surface area contributed by atoms with Crippen molar-refractivity contribution >= 4 is 5.69 Å². The van der Waals surface area contributed by atoms with Crippen LogP contribution >= 0.6 is 0 Å². The molecule has 2 aliphatic rings. The van der Waals surface area contributed by atoms with Crippen molar-refractivity contribution in [2.45, 2.75) is 24.8 Å². The number of piperidine rings is 1. The van der Waals surface area contributed by atoms with Gasteiger partial charge in [-0.05, 0) is 25.0 Å². The fourth-order valence-electron chi connectivity index (χ4n) is 3.87. The van der Waals surface area contributed by atoms with Gasteiger partial charge < -0.3 is 19.9 Å². The molecule has 4 rings (SSSR count). The van der Waals surface area contributed by atoms with E-state index in [0.717, 1.165) is 44.6 Å². The van der Waals surface area contributed by atoms with Gasteiger partial charge in [-0.15, -0.1) is 0 Å². The van der Waals surface area contributed by atoms with Crippen molar-refractivity contribution in [2.75, 3.05) is 31.6 Å². The summed E-state index contributed by atoms with van der Waals surface area (Å²) in [6, 6.07) is 8.27. The van der Waals surface area contributed by atoms with Gasteiger partial charge in [0.2, 0.25) is 0 Å². The first-order valence-electron chi connectivity index (χ1n) is 7.98. The van der Waals surface area contributed by atoms with E-state index in [1.54, 1.807) is 7.11 Å². The van der Waals surface area contributed by atoms with E-state index in [1.165, 1.54) is 17.1 Å². The minimum absolute atomic E-state index is 0.0477. The molecule has 0 unspecified atom stereocenters. The Bertz CT molecular complexity index is 658. The molecule has 3 heterocycles. The normalized spacial score (nSPS) is 20.0. The summed E-state index contributed by atoms with van der Waals surface area (Å²) in [5.41, 5.74) is 3.78. The molecule has 0 bridgehead atoms. The lowest BCUT2D eigenvalue weighted by Gasteiger charge is -2.44. The molecule has 1 saturated heterocycles. The van der Waals surface area contributed by atoms with Crippen LogP contribution < -0.4 is 15.0 Å². The monoisotopic (exact) mass is 298 g/mol. The maximum atomic E-state index is 5.50. The Morgan fingerprint density at radius 1 is 1.23 bits per heavy atom. The average molecular weight is 298 g/mol. The van der Waals surface area contributed by atoms with Gasteiger partial charge >= 0.3 is 0 Å². The second kappa shape index (κ2) is 5.32. The number of imidazole rings is 1. The molecule has 2 aromatic rings. The number of para-hydroxylation sites is 2. The van der Waals surface area contributed by atoms with Crippen LogP contribution in [-0.4, -0.2) is 36.7 Å². The van der Waals surface area contributed by atoms with Crippen molar-refractivity contribution < 1.29 is 4.74 Å². The number of ether oxygens (including phenoxy) is 1. The predicted molar refractivity (Wildman–Crippen MR) is 86.4 cm³/mol. The lowest BCUT2D eigenvalue weighted by molar-refractivity contribution is 0.243. The molecule has 1 aromatic carbocycles. The summed E-state index contributed by atoms with van der Waals surface area (Å²) in [5, 5.41) is 3.74. The number of H-pyrrole nitrogens is 1. The molecule has 0 saturated carbocycles. The van der Waals surface area contributed by atoms with Crippen LogP contribution in [0.15, 0.2) is 30.6 Å². The molecule has 5 nitrogen and oxygen atoms in total. The predicted octanol–water partition coefficient (Wildman–Crippen LogP) is 2.06.